The smallest absolute Gasteiger partial charge is 0.0593 e. The van der Waals surface area contributed by atoms with Crippen LogP contribution in [0, 0.1) is 0 Å². The Morgan fingerprint density at radius 1 is 1.21 bits per heavy atom. The topological polar surface area (TPSA) is 38.5 Å². The van der Waals surface area contributed by atoms with E-state index in [-0.39, 0.29) is 5.54 Å². The molecule has 2 N–H and O–H groups in total. The lowest BCUT2D eigenvalue weighted by atomic mass is 9.93. The number of fused-ring (bicyclic) bond motifs is 1. The Morgan fingerprint density at radius 2 is 1.84 bits per heavy atom. The lowest BCUT2D eigenvalue weighted by Crippen LogP contribution is -2.55. The molecule has 0 saturated carbocycles. The number of hydrogen-bond acceptors (Lipinski definition) is 3. The van der Waals surface area contributed by atoms with Gasteiger partial charge in [-0.15, -0.1) is 0 Å². The van der Waals surface area contributed by atoms with Crippen molar-refractivity contribution in [1.29, 1.82) is 0 Å². The van der Waals surface area contributed by atoms with E-state index in [9.17, 15) is 0 Å². The first-order valence-corrected chi connectivity index (χ1v) is 7.35. The van der Waals surface area contributed by atoms with Crippen molar-refractivity contribution in [2.45, 2.75) is 32.2 Å². The molecule has 0 spiro atoms. The number of nitrogens with two attached hydrogens (primary N) is 1. The van der Waals surface area contributed by atoms with Gasteiger partial charge in [-0.3, -0.25) is 4.90 Å². The number of benzene rings is 1. The molecule has 1 aromatic carbocycles. The van der Waals surface area contributed by atoms with E-state index in [1.807, 2.05) is 6.92 Å². The van der Waals surface area contributed by atoms with Crippen LogP contribution in [0.4, 0.5) is 0 Å². The molecule has 0 fully saturated rings. The summed E-state index contributed by atoms with van der Waals surface area (Å²) < 4.78 is 5.51. The number of hydrogen-bond donors (Lipinski definition) is 1. The maximum Gasteiger partial charge on any atom is 0.0593 e. The number of nitrogens with zero attached hydrogens (tertiary/aromatic N) is 1. The van der Waals surface area contributed by atoms with Gasteiger partial charge in [0, 0.05) is 25.2 Å². The van der Waals surface area contributed by atoms with Crippen LogP contribution in [0.2, 0.25) is 0 Å². The highest BCUT2D eigenvalue weighted by Gasteiger charge is 2.40. The first-order valence-electron chi connectivity index (χ1n) is 7.35. The van der Waals surface area contributed by atoms with Gasteiger partial charge in [-0.05, 0) is 37.4 Å². The molecule has 0 amide bonds. The molecule has 1 aliphatic rings. The first-order chi connectivity index (χ1) is 9.25. The summed E-state index contributed by atoms with van der Waals surface area (Å²) in [5.74, 6) is 0. The lowest BCUT2D eigenvalue weighted by molar-refractivity contribution is 0.0567. The molecule has 0 aromatic heterocycles. The number of rotatable bonds is 7. The van der Waals surface area contributed by atoms with Gasteiger partial charge >= 0.3 is 0 Å². The third kappa shape index (κ3) is 2.99. The van der Waals surface area contributed by atoms with Gasteiger partial charge in [0.1, 0.15) is 0 Å². The van der Waals surface area contributed by atoms with Crippen molar-refractivity contribution in [3.05, 3.63) is 35.4 Å². The predicted molar refractivity (Wildman–Crippen MR) is 79.4 cm³/mol. The van der Waals surface area contributed by atoms with Crippen molar-refractivity contribution in [2.24, 2.45) is 5.73 Å². The Morgan fingerprint density at radius 3 is 2.32 bits per heavy atom. The van der Waals surface area contributed by atoms with Crippen molar-refractivity contribution in [1.82, 2.24) is 4.90 Å². The fourth-order valence-corrected chi connectivity index (χ4v) is 3.22. The van der Waals surface area contributed by atoms with Crippen LogP contribution in [0.25, 0.3) is 0 Å². The molecule has 3 nitrogen and oxygen atoms in total. The van der Waals surface area contributed by atoms with E-state index in [1.54, 1.807) is 0 Å². The van der Waals surface area contributed by atoms with Crippen LogP contribution in [0.15, 0.2) is 24.3 Å². The van der Waals surface area contributed by atoms with Gasteiger partial charge in [-0.25, -0.2) is 0 Å². The summed E-state index contributed by atoms with van der Waals surface area (Å²) in [6.45, 7) is 8.54. The van der Waals surface area contributed by atoms with Gasteiger partial charge < -0.3 is 10.5 Å². The minimum absolute atomic E-state index is 0.0928. The fourth-order valence-electron chi connectivity index (χ4n) is 3.22. The molecule has 0 aliphatic heterocycles. The normalized spacial score (nSPS) is 16.8. The zero-order valence-corrected chi connectivity index (χ0v) is 12.2. The standard InChI is InChI=1S/C16H26N2O/c1-3-18(9-10-19-4-2)16(13-17)11-14-7-5-6-8-15(14)12-16/h5-8H,3-4,9-13,17H2,1-2H3. The van der Waals surface area contributed by atoms with Crippen LogP contribution in [0.1, 0.15) is 25.0 Å². The zero-order chi connectivity index (χ0) is 13.7. The monoisotopic (exact) mass is 262 g/mol. The molecule has 1 aromatic rings. The van der Waals surface area contributed by atoms with Gasteiger partial charge in [-0.1, -0.05) is 31.2 Å². The van der Waals surface area contributed by atoms with Crippen molar-refractivity contribution < 1.29 is 4.74 Å². The van der Waals surface area contributed by atoms with E-state index >= 15 is 0 Å². The SMILES string of the molecule is CCOCCN(CC)C1(CN)Cc2ccccc2C1. The summed E-state index contributed by atoms with van der Waals surface area (Å²) in [5.41, 5.74) is 9.16. The van der Waals surface area contributed by atoms with Crippen LogP contribution in [0.3, 0.4) is 0 Å². The molecule has 0 unspecified atom stereocenters. The van der Waals surface area contributed by atoms with Crippen LogP contribution < -0.4 is 5.73 Å². The maximum atomic E-state index is 6.15. The van der Waals surface area contributed by atoms with Gasteiger partial charge in [0.2, 0.25) is 0 Å². The van der Waals surface area contributed by atoms with E-state index in [0.717, 1.165) is 39.1 Å². The second-order valence-corrected chi connectivity index (χ2v) is 5.33. The Kier molecular flexibility index (Phi) is 4.97. The van der Waals surface area contributed by atoms with Gasteiger partial charge in [0.05, 0.1) is 6.61 Å². The lowest BCUT2D eigenvalue weighted by Gasteiger charge is -2.40. The molecule has 0 bridgehead atoms. The summed E-state index contributed by atoms with van der Waals surface area (Å²) in [6, 6.07) is 8.73. The number of likely N-dealkylation sites (N-methyl/N-ethyl adjacent to an activating group) is 1. The van der Waals surface area contributed by atoms with Gasteiger partial charge in [0.15, 0.2) is 0 Å². The molecular formula is C16H26N2O. The van der Waals surface area contributed by atoms with Crippen LogP contribution >= 0.6 is 0 Å². The molecule has 3 heteroatoms. The van der Waals surface area contributed by atoms with E-state index in [0.29, 0.717) is 6.54 Å². The van der Waals surface area contributed by atoms with Crippen molar-refractivity contribution >= 4 is 0 Å². The third-order valence-corrected chi connectivity index (χ3v) is 4.30. The second-order valence-electron chi connectivity index (χ2n) is 5.33. The van der Waals surface area contributed by atoms with Gasteiger partial charge in [0.25, 0.3) is 0 Å². The highest BCUT2D eigenvalue weighted by Crippen LogP contribution is 2.33. The molecule has 0 atom stereocenters. The molecule has 106 valence electrons. The largest absolute Gasteiger partial charge is 0.380 e. The average Bonchev–Trinajstić information content (AvgIpc) is 2.83. The fraction of sp³-hybridized carbons (Fsp3) is 0.625. The first kappa shape index (κ1) is 14.5. The summed E-state index contributed by atoms with van der Waals surface area (Å²) in [6.07, 6.45) is 2.14. The summed E-state index contributed by atoms with van der Waals surface area (Å²) in [7, 11) is 0. The van der Waals surface area contributed by atoms with E-state index < -0.39 is 0 Å². The second kappa shape index (κ2) is 6.51. The molecular weight excluding hydrogens is 236 g/mol. The van der Waals surface area contributed by atoms with E-state index in [2.05, 4.69) is 36.1 Å². The molecule has 0 radical (unpaired) electrons. The highest BCUT2D eigenvalue weighted by atomic mass is 16.5. The Labute approximate surface area is 116 Å². The molecule has 0 saturated heterocycles. The predicted octanol–water partition coefficient (Wildman–Crippen LogP) is 1.84. The molecule has 2 rings (SSSR count). The molecule has 0 heterocycles. The average molecular weight is 262 g/mol. The minimum atomic E-state index is 0.0928. The molecule has 1 aliphatic carbocycles. The third-order valence-electron chi connectivity index (χ3n) is 4.30. The van der Waals surface area contributed by atoms with Gasteiger partial charge in [-0.2, -0.15) is 0 Å². The van der Waals surface area contributed by atoms with Crippen molar-refractivity contribution in [3.8, 4) is 0 Å². The maximum absolute atomic E-state index is 6.15. The number of ether oxygens (including phenoxy) is 1. The quantitative estimate of drug-likeness (QED) is 0.762. The highest BCUT2D eigenvalue weighted by molar-refractivity contribution is 5.36. The minimum Gasteiger partial charge on any atom is -0.380 e. The molecule has 19 heavy (non-hydrogen) atoms. The van der Waals surface area contributed by atoms with E-state index in [4.69, 9.17) is 10.5 Å². The van der Waals surface area contributed by atoms with Crippen LogP contribution in [-0.2, 0) is 17.6 Å². The Hall–Kier alpha value is -0.900. The Balaban J connectivity index is 2.11. The van der Waals surface area contributed by atoms with Crippen LogP contribution in [-0.4, -0.2) is 43.3 Å². The summed E-state index contributed by atoms with van der Waals surface area (Å²) >= 11 is 0. The zero-order valence-electron chi connectivity index (χ0n) is 12.2. The summed E-state index contributed by atoms with van der Waals surface area (Å²) in [4.78, 5) is 2.50. The van der Waals surface area contributed by atoms with Crippen LogP contribution in [0.5, 0.6) is 0 Å². The van der Waals surface area contributed by atoms with Crippen molar-refractivity contribution in [2.75, 3.05) is 32.8 Å². The Bertz CT molecular complexity index is 380. The van der Waals surface area contributed by atoms with Crippen molar-refractivity contribution in [3.63, 3.8) is 0 Å². The van der Waals surface area contributed by atoms with E-state index in [1.165, 1.54) is 11.1 Å². The summed E-state index contributed by atoms with van der Waals surface area (Å²) in [5, 5.41) is 0.